The Morgan fingerprint density at radius 3 is 2.62 bits per heavy atom. The Kier molecular flexibility index (Phi) is 7.55. The number of benzene rings is 2. The van der Waals surface area contributed by atoms with Crippen LogP contribution in [0.1, 0.15) is 47.4 Å². The number of hydrogen-bond acceptors (Lipinski definition) is 8. The number of nitrogens with zero attached hydrogens (tertiary/aromatic N) is 4. The predicted molar refractivity (Wildman–Crippen MR) is 157 cm³/mol. The molecule has 0 unspecified atom stereocenters. The normalized spacial score (nSPS) is 16.4. The van der Waals surface area contributed by atoms with E-state index >= 15 is 0 Å². The zero-order valence-electron chi connectivity index (χ0n) is 23.2. The van der Waals surface area contributed by atoms with Crippen LogP contribution in [0.15, 0.2) is 54.7 Å². The number of ether oxygens (including phenoxy) is 2. The van der Waals surface area contributed by atoms with Crippen LogP contribution in [0.2, 0.25) is 0 Å². The Bertz CT molecular complexity index is 1490. The average Bonchev–Trinajstić information content (AvgIpc) is 3.70. The number of aromatic amines is 1. The highest BCUT2D eigenvalue weighted by molar-refractivity contribution is 5.92. The van der Waals surface area contributed by atoms with Gasteiger partial charge in [-0.15, -0.1) is 0 Å². The number of methoxy groups -OCH3 is 2. The van der Waals surface area contributed by atoms with E-state index in [1.54, 1.807) is 19.2 Å². The zero-order chi connectivity index (χ0) is 27.5. The third-order valence-corrected chi connectivity index (χ3v) is 8.10. The molecule has 2 N–H and O–H groups in total. The first kappa shape index (κ1) is 26.1. The van der Waals surface area contributed by atoms with Crippen molar-refractivity contribution in [1.29, 1.82) is 0 Å². The van der Waals surface area contributed by atoms with E-state index < -0.39 is 0 Å². The van der Waals surface area contributed by atoms with Gasteiger partial charge >= 0.3 is 5.97 Å². The molecule has 2 fully saturated rings. The van der Waals surface area contributed by atoms with Crippen LogP contribution in [-0.2, 0) is 11.2 Å². The highest BCUT2D eigenvalue weighted by Crippen LogP contribution is 2.31. The molecule has 0 saturated carbocycles. The lowest BCUT2D eigenvalue weighted by molar-refractivity contribution is 0.0601. The lowest BCUT2D eigenvalue weighted by atomic mass is 10.0. The van der Waals surface area contributed by atoms with E-state index in [1.165, 1.54) is 51.6 Å². The zero-order valence-corrected chi connectivity index (χ0v) is 23.2. The van der Waals surface area contributed by atoms with E-state index in [0.29, 0.717) is 23.6 Å². The Labute approximate surface area is 234 Å². The Hall–Kier alpha value is -4.11. The fraction of sp³-hybridized carbons (Fsp3) is 0.387. The largest absolute Gasteiger partial charge is 0.496 e. The molecule has 0 spiro atoms. The third-order valence-electron chi connectivity index (χ3n) is 8.10. The molecular formula is C31H36N6O3. The summed E-state index contributed by atoms with van der Waals surface area (Å²) in [5, 5.41) is 3.35. The molecule has 6 rings (SSSR count). The highest BCUT2D eigenvalue weighted by atomic mass is 16.5. The van der Waals surface area contributed by atoms with Crippen molar-refractivity contribution in [2.24, 2.45) is 0 Å². The van der Waals surface area contributed by atoms with Gasteiger partial charge in [-0.05, 0) is 69.1 Å². The summed E-state index contributed by atoms with van der Waals surface area (Å²) < 4.78 is 10.7. The monoisotopic (exact) mass is 540 g/mol. The van der Waals surface area contributed by atoms with Crippen LogP contribution in [0.25, 0.3) is 11.0 Å². The smallest absolute Gasteiger partial charge is 0.337 e. The van der Waals surface area contributed by atoms with Crippen molar-refractivity contribution >= 4 is 34.2 Å². The van der Waals surface area contributed by atoms with Gasteiger partial charge in [-0.1, -0.05) is 12.1 Å². The van der Waals surface area contributed by atoms with Gasteiger partial charge in [-0.3, -0.25) is 0 Å². The summed E-state index contributed by atoms with van der Waals surface area (Å²) in [6.07, 6.45) is 7.50. The Morgan fingerprint density at radius 1 is 1.02 bits per heavy atom. The standard InChI is InChI=1S/C31H36N6O3/c1-39-27-20-25(37-16-11-24(12-17-37)36-14-3-4-15-36)9-8-21(27)19-28-34-26-10-13-32-29(26)30(35-28)33-23-7-5-6-22(18-23)31(38)40-2/h5-10,13,18,20,24,32H,3-4,11-12,14-17,19H2,1-2H3,(H,33,34,35). The van der Waals surface area contributed by atoms with E-state index in [2.05, 4.69) is 38.3 Å². The van der Waals surface area contributed by atoms with Gasteiger partial charge < -0.3 is 29.6 Å². The number of rotatable bonds is 8. The number of likely N-dealkylation sites (tertiary alicyclic amines) is 1. The van der Waals surface area contributed by atoms with Gasteiger partial charge in [-0.25, -0.2) is 14.8 Å². The van der Waals surface area contributed by atoms with Gasteiger partial charge in [0, 0.05) is 54.8 Å². The molecule has 0 amide bonds. The van der Waals surface area contributed by atoms with Crippen LogP contribution >= 0.6 is 0 Å². The van der Waals surface area contributed by atoms with E-state index in [4.69, 9.17) is 19.4 Å². The molecule has 2 saturated heterocycles. The highest BCUT2D eigenvalue weighted by Gasteiger charge is 2.27. The molecule has 40 heavy (non-hydrogen) atoms. The summed E-state index contributed by atoms with van der Waals surface area (Å²) in [6, 6.07) is 16.3. The maximum absolute atomic E-state index is 12.0. The van der Waals surface area contributed by atoms with Crippen molar-refractivity contribution < 1.29 is 14.3 Å². The second-order valence-electron chi connectivity index (χ2n) is 10.6. The minimum absolute atomic E-state index is 0.386. The van der Waals surface area contributed by atoms with Crippen molar-refractivity contribution in [2.75, 3.05) is 50.6 Å². The lowest BCUT2D eigenvalue weighted by Gasteiger charge is -2.38. The molecule has 2 aromatic carbocycles. The number of aromatic nitrogens is 3. The summed E-state index contributed by atoms with van der Waals surface area (Å²) in [5.74, 6) is 1.78. The topological polar surface area (TPSA) is 95.6 Å². The number of anilines is 3. The second kappa shape index (κ2) is 11.6. The first-order chi connectivity index (χ1) is 19.6. The number of nitrogens with one attached hydrogen (secondary N) is 2. The predicted octanol–water partition coefficient (Wildman–Crippen LogP) is 5.15. The minimum atomic E-state index is -0.386. The minimum Gasteiger partial charge on any atom is -0.496 e. The fourth-order valence-corrected chi connectivity index (χ4v) is 5.98. The van der Waals surface area contributed by atoms with Crippen molar-refractivity contribution in [3.8, 4) is 5.75 Å². The first-order valence-electron chi connectivity index (χ1n) is 14.1. The molecule has 2 aliphatic heterocycles. The second-order valence-corrected chi connectivity index (χ2v) is 10.6. The van der Waals surface area contributed by atoms with Crippen LogP contribution in [0, 0.1) is 0 Å². The lowest BCUT2D eigenvalue weighted by Crippen LogP contribution is -2.43. The van der Waals surface area contributed by atoms with Crippen LogP contribution < -0.4 is 15.0 Å². The van der Waals surface area contributed by atoms with Crippen molar-refractivity contribution in [3.05, 3.63) is 71.7 Å². The molecule has 0 radical (unpaired) electrons. The molecular weight excluding hydrogens is 504 g/mol. The van der Waals surface area contributed by atoms with Crippen molar-refractivity contribution in [2.45, 2.75) is 38.1 Å². The van der Waals surface area contributed by atoms with E-state index in [-0.39, 0.29) is 5.97 Å². The number of carbonyl (C=O) groups excluding carboxylic acids is 1. The summed E-state index contributed by atoms with van der Waals surface area (Å²) in [5.41, 5.74) is 5.05. The maximum atomic E-state index is 12.0. The molecule has 4 aromatic rings. The van der Waals surface area contributed by atoms with Gasteiger partial charge in [0.05, 0.1) is 25.3 Å². The van der Waals surface area contributed by atoms with Gasteiger partial charge in [0.25, 0.3) is 0 Å². The number of hydrogen-bond donors (Lipinski definition) is 2. The van der Waals surface area contributed by atoms with Crippen molar-refractivity contribution in [3.63, 3.8) is 0 Å². The van der Waals surface area contributed by atoms with Gasteiger partial charge in [-0.2, -0.15) is 0 Å². The molecule has 9 nitrogen and oxygen atoms in total. The SMILES string of the molecule is COC(=O)c1cccc(Nc2nc(Cc3ccc(N4CCC(N5CCCC5)CC4)cc3OC)nc3cc[nH]c23)c1. The summed E-state index contributed by atoms with van der Waals surface area (Å²) >= 11 is 0. The number of esters is 1. The Balaban J connectivity index is 1.20. The number of H-pyrrole nitrogens is 1. The van der Waals surface area contributed by atoms with E-state index in [1.807, 2.05) is 24.4 Å². The summed E-state index contributed by atoms with van der Waals surface area (Å²) in [7, 11) is 3.10. The van der Waals surface area contributed by atoms with Crippen molar-refractivity contribution in [1.82, 2.24) is 19.9 Å². The van der Waals surface area contributed by atoms with Crippen LogP contribution in [0.4, 0.5) is 17.2 Å². The molecule has 9 heteroatoms. The van der Waals surface area contributed by atoms with E-state index in [9.17, 15) is 4.79 Å². The molecule has 0 aliphatic carbocycles. The number of carbonyl (C=O) groups is 1. The molecule has 208 valence electrons. The number of piperidine rings is 1. The quantitative estimate of drug-likeness (QED) is 0.296. The molecule has 2 aromatic heterocycles. The molecule has 0 bridgehead atoms. The summed E-state index contributed by atoms with van der Waals surface area (Å²) in [6.45, 7) is 4.67. The Morgan fingerprint density at radius 2 is 1.85 bits per heavy atom. The first-order valence-corrected chi connectivity index (χ1v) is 14.1. The van der Waals surface area contributed by atoms with Crippen LogP contribution in [0.5, 0.6) is 5.75 Å². The summed E-state index contributed by atoms with van der Waals surface area (Å²) in [4.78, 5) is 30.0. The third kappa shape index (κ3) is 5.47. The molecule has 4 heterocycles. The van der Waals surface area contributed by atoms with Gasteiger partial charge in [0.1, 0.15) is 17.1 Å². The molecule has 2 aliphatic rings. The van der Waals surface area contributed by atoms with Gasteiger partial charge in [0.15, 0.2) is 5.82 Å². The van der Waals surface area contributed by atoms with Crippen LogP contribution in [0.3, 0.4) is 0 Å². The van der Waals surface area contributed by atoms with Gasteiger partial charge in [0.2, 0.25) is 0 Å². The fourth-order valence-electron chi connectivity index (χ4n) is 5.98. The average molecular weight is 541 g/mol. The van der Waals surface area contributed by atoms with E-state index in [0.717, 1.165) is 47.2 Å². The molecule has 0 atom stereocenters. The number of fused-ring (bicyclic) bond motifs is 1. The van der Waals surface area contributed by atoms with Crippen LogP contribution in [-0.4, -0.2) is 72.3 Å². The maximum Gasteiger partial charge on any atom is 0.337 e.